The first kappa shape index (κ1) is 21.3. The van der Waals surface area contributed by atoms with Crippen LogP contribution in [0.15, 0.2) is 51.7 Å². The van der Waals surface area contributed by atoms with E-state index in [0.29, 0.717) is 17.6 Å². The van der Waals surface area contributed by atoms with Gasteiger partial charge in [-0.05, 0) is 57.5 Å². The Hall–Kier alpha value is -2.92. The molecule has 1 aliphatic rings. The van der Waals surface area contributed by atoms with Crippen LogP contribution >= 0.6 is 0 Å². The minimum absolute atomic E-state index is 0.00353. The van der Waals surface area contributed by atoms with Gasteiger partial charge in [-0.25, -0.2) is 4.79 Å². The summed E-state index contributed by atoms with van der Waals surface area (Å²) in [6.07, 6.45) is 2.53. The number of nitrogens with zero attached hydrogens (tertiary/aromatic N) is 1. The van der Waals surface area contributed by atoms with Crippen molar-refractivity contribution >= 4 is 16.8 Å². The van der Waals surface area contributed by atoms with E-state index in [-0.39, 0.29) is 18.3 Å². The van der Waals surface area contributed by atoms with Crippen LogP contribution in [0.1, 0.15) is 35.1 Å². The molecular weight excluding hydrogens is 390 g/mol. The van der Waals surface area contributed by atoms with Gasteiger partial charge < -0.3 is 14.1 Å². The molecule has 1 aliphatic heterocycles. The van der Waals surface area contributed by atoms with Gasteiger partial charge in [-0.1, -0.05) is 29.8 Å². The van der Waals surface area contributed by atoms with Crippen molar-refractivity contribution in [2.24, 2.45) is 0 Å². The average molecular weight is 420 g/mol. The third-order valence-corrected chi connectivity index (χ3v) is 6.00. The molecule has 0 radical (unpaired) electrons. The molecule has 2 aromatic carbocycles. The Bertz CT molecular complexity index is 1160. The number of rotatable bonds is 6. The van der Waals surface area contributed by atoms with E-state index in [0.717, 1.165) is 53.8 Å². The Labute approximate surface area is 182 Å². The van der Waals surface area contributed by atoms with E-state index in [4.69, 9.17) is 9.15 Å². The predicted molar refractivity (Wildman–Crippen MR) is 122 cm³/mol. The number of carbonyl (C=O) groups is 1. The van der Waals surface area contributed by atoms with Crippen molar-refractivity contribution in [3.05, 3.63) is 75.1 Å². The molecule has 1 aromatic heterocycles. The van der Waals surface area contributed by atoms with E-state index in [1.807, 2.05) is 50.2 Å². The maximum absolute atomic E-state index is 12.6. The molecule has 3 aromatic rings. The molecule has 2 heterocycles. The molecule has 4 rings (SSSR count). The minimum Gasteiger partial charge on any atom is -0.490 e. The summed E-state index contributed by atoms with van der Waals surface area (Å²) < 4.78 is 11.9. The number of benzene rings is 2. The third kappa shape index (κ3) is 5.05. The Morgan fingerprint density at radius 3 is 2.61 bits per heavy atom. The van der Waals surface area contributed by atoms with Gasteiger partial charge in [0, 0.05) is 42.4 Å². The first-order valence-electron chi connectivity index (χ1n) is 10.9. The fourth-order valence-corrected chi connectivity index (χ4v) is 4.21. The topological polar surface area (TPSA) is 59.8 Å². The lowest BCUT2D eigenvalue weighted by Crippen LogP contribution is -2.35. The average Bonchev–Trinajstić information content (AvgIpc) is 2.73. The first-order chi connectivity index (χ1) is 14.9. The molecule has 0 saturated carbocycles. The summed E-state index contributed by atoms with van der Waals surface area (Å²) in [7, 11) is 2.12. The Balaban J connectivity index is 1.52. The summed E-state index contributed by atoms with van der Waals surface area (Å²) in [6, 6.07) is 13.5. The van der Waals surface area contributed by atoms with E-state index in [9.17, 15) is 9.59 Å². The second kappa shape index (κ2) is 9.06. The molecule has 0 bridgehead atoms. The Kier molecular flexibility index (Phi) is 6.23. The molecular formula is C26H29NO4. The van der Waals surface area contributed by atoms with Crippen LogP contribution in [0.4, 0.5) is 0 Å². The van der Waals surface area contributed by atoms with Crippen molar-refractivity contribution in [2.75, 3.05) is 20.1 Å². The molecule has 1 fully saturated rings. The summed E-state index contributed by atoms with van der Waals surface area (Å²) in [6.45, 7) is 5.95. The Morgan fingerprint density at radius 1 is 1.10 bits per heavy atom. The van der Waals surface area contributed by atoms with E-state index in [1.165, 1.54) is 0 Å². The highest BCUT2D eigenvalue weighted by Gasteiger charge is 2.20. The fraction of sp³-hybridized carbons (Fsp3) is 0.385. The summed E-state index contributed by atoms with van der Waals surface area (Å²) in [5, 5.41) is 0.811. The summed E-state index contributed by atoms with van der Waals surface area (Å²) in [5.41, 5.74) is 3.38. The third-order valence-electron chi connectivity index (χ3n) is 6.00. The summed E-state index contributed by atoms with van der Waals surface area (Å²) >= 11 is 0. The second-order valence-electron chi connectivity index (χ2n) is 8.67. The lowest BCUT2D eigenvalue weighted by atomic mass is 10.0. The number of hydrogen-bond acceptors (Lipinski definition) is 5. The monoisotopic (exact) mass is 419 g/mol. The van der Waals surface area contributed by atoms with Gasteiger partial charge >= 0.3 is 5.63 Å². The van der Waals surface area contributed by atoms with Gasteiger partial charge in [-0.2, -0.15) is 0 Å². The maximum atomic E-state index is 12.6. The minimum atomic E-state index is -0.454. The molecule has 0 unspecified atom stereocenters. The second-order valence-corrected chi connectivity index (χ2v) is 8.67. The Morgan fingerprint density at radius 2 is 1.87 bits per heavy atom. The van der Waals surface area contributed by atoms with Gasteiger partial charge in [-0.3, -0.25) is 4.79 Å². The molecule has 0 spiro atoms. The number of likely N-dealkylation sites (tertiary alicyclic amines) is 1. The van der Waals surface area contributed by atoms with Crippen molar-refractivity contribution in [1.82, 2.24) is 4.90 Å². The highest BCUT2D eigenvalue weighted by molar-refractivity contribution is 5.86. The van der Waals surface area contributed by atoms with E-state index < -0.39 is 5.63 Å². The summed E-state index contributed by atoms with van der Waals surface area (Å²) in [5.74, 6) is 0.754. The largest absolute Gasteiger partial charge is 0.490 e. The van der Waals surface area contributed by atoms with Crippen LogP contribution in [-0.4, -0.2) is 36.9 Å². The quantitative estimate of drug-likeness (QED) is 0.560. The van der Waals surface area contributed by atoms with Gasteiger partial charge in [0.1, 0.15) is 23.2 Å². The normalized spacial score (nSPS) is 15.3. The van der Waals surface area contributed by atoms with Crippen LogP contribution < -0.4 is 10.4 Å². The van der Waals surface area contributed by atoms with Crippen LogP contribution in [0, 0.1) is 13.8 Å². The van der Waals surface area contributed by atoms with Gasteiger partial charge in [0.2, 0.25) is 0 Å². The SMILES string of the molecule is Cc1cccc(CC(=O)Cc2cc3ccc(OC4CCN(C)CC4)c(C)c3oc2=O)c1. The fourth-order valence-electron chi connectivity index (χ4n) is 4.21. The van der Waals surface area contributed by atoms with Gasteiger partial charge in [-0.15, -0.1) is 0 Å². The van der Waals surface area contributed by atoms with Crippen molar-refractivity contribution in [3.63, 3.8) is 0 Å². The van der Waals surface area contributed by atoms with Gasteiger partial charge in [0.05, 0.1) is 0 Å². The van der Waals surface area contributed by atoms with Gasteiger partial charge in [0.15, 0.2) is 0 Å². The molecule has 0 amide bonds. The first-order valence-corrected chi connectivity index (χ1v) is 10.9. The smallest absolute Gasteiger partial charge is 0.339 e. The number of fused-ring (bicyclic) bond motifs is 1. The number of hydrogen-bond donors (Lipinski definition) is 0. The van der Waals surface area contributed by atoms with Crippen LogP contribution in [0.5, 0.6) is 5.75 Å². The van der Waals surface area contributed by atoms with Crippen LogP contribution in [0.3, 0.4) is 0 Å². The molecule has 0 atom stereocenters. The highest BCUT2D eigenvalue weighted by atomic mass is 16.5. The van der Waals surface area contributed by atoms with Crippen molar-refractivity contribution in [3.8, 4) is 5.75 Å². The number of piperidine rings is 1. The number of ether oxygens (including phenoxy) is 1. The molecule has 5 heteroatoms. The van der Waals surface area contributed by atoms with Crippen LogP contribution in [0.2, 0.25) is 0 Å². The number of carbonyl (C=O) groups excluding carboxylic acids is 1. The van der Waals surface area contributed by atoms with Crippen molar-refractivity contribution < 1.29 is 13.9 Å². The zero-order chi connectivity index (χ0) is 22.0. The van der Waals surface area contributed by atoms with E-state index >= 15 is 0 Å². The number of aryl methyl sites for hydroxylation is 2. The zero-order valence-corrected chi connectivity index (χ0v) is 18.4. The molecule has 0 N–H and O–H groups in total. The van der Waals surface area contributed by atoms with Gasteiger partial charge in [0.25, 0.3) is 0 Å². The maximum Gasteiger partial charge on any atom is 0.339 e. The predicted octanol–water partition coefficient (Wildman–Crippen LogP) is 4.24. The number of ketones is 1. The summed E-state index contributed by atoms with van der Waals surface area (Å²) in [4.78, 5) is 27.4. The molecule has 5 nitrogen and oxygen atoms in total. The van der Waals surface area contributed by atoms with Crippen LogP contribution in [-0.2, 0) is 17.6 Å². The molecule has 162 valence electrons. The van der Waals surface area contributed by atoms with E-state index in [1.54, 1.807) is 6.07 Å². The van der Waals surface area contributed by atoms with Crippen LogP contribution in [0.25, 0.3) is 11.0 Å². The van der Waals surface area contributed by atoms with Crippen molar-refractivity contribution in [1.29, 1.82) is 0 Å². The van der Waals surface area contributed by atoms with E-state index in [2.05, 4.69) is 11.9 Å². The molecule has 31 heavy (non-hydrogen) atoms. The zero-order valence-electron chi connectivity index (χ0n) is 18.4. The lowest BCUT2D eigenvalue weighted by molar-refractivity contribution is -0.117. The van der Waals surface area contributed by atoms with Crippen molar-refractivity contribution in [2.45, 2.75) is 45.6 Å². The molecule has 0 aliphatic carbocycles. The standard InChI is InChI=1S/C26H29NO4/c1-17-5-4-6-19(13-17)14-22(28)16-21-15-20-7-8-24(18(2)25(20)31-26(21)29)30-23-9-11-27(3)12-10-23/h4-8,13,15,23H,9-12,14,16H2,1-3H3. The molecule has 1 saturated heterocycles. The highest BCUT2D eigenvalue weighted by Crippen LogP contribution is 2.29. The number of Topliss-reactive ketones (excluding diaryl/α,β-unsaturated/α-hetero) is 1. The lowest BCUT2D eigenvalue weighted by Gasteiger charge is -2.29.